The van der Waals surface area contributed by atoms with Crippen LogP contribution in [0.3, 0.4) is 0 Å². The number of carbonyl (C=O) groups is 1. The van der Waals surface area contributed by atoms with E-state index in [4.69, 9.17) is 18.9 Å². The maximum atomic E-state index is 13.4. The number of amides is 1. The van der Waals surface area contributed by atoms with E-state index in [1.807, 2.05) is 0 Å². The Bertz CT molecular complexity index is 1680. The molecule has 1 amide bonds. The van der Waals surface area contributed by atoms with Crippen LogP contribution in [0.4, 0.5) is 0 Å². The van der Waals surface area contributed by atoms with E-state index >= 15 is 0 Å². The average Bonchev–Trinajstić information content (AvgIpc) is 0.796. The number of aliphatic hydroxyl groups is 8. The summed E-state index contributed by atoms with van der Waals surface area (Å²) >= 11 is 0. The van der Waals surface area contributed by atoms with E-state index in [9.17, 15) is 45.6 Å². The van der Waals surface area contributed by atoms with Gasteiger partial charge in [-0.15, -0.1) is 0 Å². The SMILES string of the molecule is CCCCCCCCCCCCCCCCCCCCCCCCCCCCCCCCCCCCCCCCCCC(=O)NC(COC1OC(CO)C(OC2OC(CO)C(O)C(O)C2O)C(O)C1O)C(O)CCCCCCCCCCCCCCCCCCCCCCCCCCCC. The summed E-state index contributed by atoms with van der Waals surface area (Å²) in [5.41, 5.74) is 0. The lowest BCUT2D eigenvalue weighted by Gasteiger charge is -2.46. The molecule has 12 unspecified atom stereocenters. The minimum atomic E-state index is -1.78. The van der Waals surface area contributed by atoms with E-state index in [1.54, 1.807) is 0 Å². The fourth-order valence-electron chi connectivity index (χ4n) is 15.4. The maximum absolute atomic E-state index is 13.4. The van der Waals surface area contributed by atoms with Gasteiger partial charge in [0.25, 0.3) is 0 Å². The summed E-state index contributed by atoms with van der Waals surface area (Å²) in [7, 11) is 0. The molecule has 2 rings (SSSR count). The van der Waals surface area contributed by atoms with Crippen LogP contribution in [0.1, 0.15) is 450 Å². The number of hydrogen-bond donors (Lipinski definition) is 9. The number of nitrogens with one attached hydrogen (secondary N) is 1. The van der Waals surface area contributed by atoms with Gasteiger partial charge in [-0.2, -0.15) is 0 Å². The zero-order valence-corrected chi connectivity index (χ0v) is 65.8. The van der Waals surface area contributed by atoms with E-state index in [2.05, 4.69) is 19.2 Å². The molecule has 12 atom stereocenters. The summed E-state index contributed by atoms with van der Waals surface area (Å²) in [6.07, 6.45) is 73.3. The fraction of sp³-hybridized carbons (Fsp3) is 0.988. The molecule has 2 fully saturated rings. The number of ether oxygens (including phenoxy) is 4. The van der Waals surface area contributed by atoms with Gasteiger partial charge in [0, 0.05) is 6.42 Å². The highest BCUT2D eigenvalue weighted by atomic mass is 16.7. The topological polar surface area (TPSA) is 228 Å². The van der Waals surface area contributed by atoms with Crippen LogP contribution in [0.2, 0.25) is 0 Å². The summed E-state index contributed by atoms with van der Waals surface area (Å²) in [4.78, 5) is 13.4. The molecule has 14 heteroatoms. The summed E-state index contributed by atoms with van der Waals surface area (Å²) in [5.74, 6) is -0.194. The van der Waals surface area contributed by atoms with Crippen LogP contribution in [-0.4, -0.2) is 140 Å². The molecular weight excluding hydrogens is 1250 g/mol. The van der Waals surface area contributed by atoms with E-state index in [0.717, 1.165) is 51.4 Å². The molecule has 100 heavy (non-hydrogen) atoms. The van der Waals surface area contributed by atoms with Crippen molar-refractivity contribution in [1.29, 1.82) is 0 Å². The number of rotatable bonds is 77. The van der Waals surface area contributed by atoms with Gasteiger partial charge >= 0.3 is 0 Å². The second-order valence-corrected chi connectivity index (χ2v) is 31.7. The lowest BCUT2D eigenvalue weighted by Crippen LogP contribution is -2.65. The van der Waals surface area contributed by atoms with Crippen molar-refractivity contribution in [1.82, 2.24) is 5.32 Å². The van der Waals surface area contributed by atoms with Gasteiger partial charge in [-0.3, -0.25) is 4.79 Å². The fourth-order valence-corrected chi connectivity index (χ4v) is 15.4. The van der Waals surface area contributed by atoms with Crippen LogP contribution in [0.15, 0.2) is 0 Å². The van der Waals surface area contributed by atoms with Crippen molar-refractivity contribution < 1.29 is 64.6 Å². The summed E-state index contributed by atoms with van der Waals surface area (Å²) in [6.45, 7) is 2.96. The monoisotopic (exact) mass is 1420 g/mol. The molecule has 0 aliphatic carbocycles. The van der Waals surface area contributed by atoms with Gasteiger partial charge in [-0.25, -0.2) is 0 Å². The van der Waals surface area contributed by atoms with Gasteiger partial charge in [0.15, 0.2) is 12.6 Å². The Kier molecular flexibility index (Phi) is 67.4. The highest BCUT2D eigenvalue weighted by molar-refractivity contribution is 5.76. The molecule has 2 heterocycles. The number of hydrogen-bond acceptors (Lipinski definition) is 13. The van der Waals surface area contributed by atoms with Crippen molar-refractivity contribution in [2.24, 2.45) is 0 Å². The minimum absolute atomic E-state index is 0.194. The molecule has 9 N–H and O–H groups in total. The molecule has 2 aliphatic heterocycles. The van der Waals surface area contributed by atoms with Gasteiger partial charge < -0.3 is 65.1 Å². The van der Waals surface area contributed by atoms with Gasteiger partial charge in [-0.05, 0) is 12.8 Å². The zero-order chi connectivity index (χ0) is 72.2. The van der Waals surface area contributed by atoms with Crippen LogP contribution in [0.5, 0.6) is 0 Å². The zero-order valence-electron chi connectivity index (χ0n) is 65.8. The third kappa shape index (κ3) is 52.9. The molecule has 0 aromatic carbocycles. The van der Waals surface area contributed by atoms with Crippen LogP contribution in [0.25, 0.3) is 0 Å². The molecule has 2 saturated heterocycles. The first kappa shape index (κ1) is 95.1. The Morgan fingerprint density at radius 3 is 0.850 bits per heavy atom. The van der Waals surface area contributed by atoms with E-state index in [-0.39, 0.29) is 12.5 Å². The van der Waals surface area contributed by atoms with Gasteiger partial charge in [0.1, 0.15) is 48.8 Å². The Balaban J connectivity index is 1.53. The van der Waals surface area contributed by atoms with Crippen LogP contribution < -0.4 is 5.32 Å². The summed E-state index contributed by atoms with van der Waals surface area (Å²) in [6, 6.07) is -0.826. The van der Waals surface area contributed by atoms with E-state index in [0.29, 0.717) is 12.8 Å². The second-order valence-electron chi connectivity index (χ2n) is 31.7. The molecule has 2 aliphatic rings. The summed E-state index contributed by atoms with van der Waals surface area (Å²) < 4.78 is 23.0. The molecule has 0 spiro atoms. The Morgan fingerprint density at radius 2 is 0.570 bits per heavy atom. The molecule has 0 saturated carbocycles. The number of carbonyl (C=O) groups excluding carboxylic acids is 1. The molecule has 0 aromatic heterocycles. The Hall–Kier alpha value is -1.01. The third-order valence-corrected chi connectivity index (χ3v) is 22.3. The van der Waals surface area contributed by atoms with Crippen molar-refractivity contribution >= 4 is 5.91 Å². The predicted octanol–water partition coefficient (Wildman–Crippen LogP) is 21.0. The Morgan fingerprint density at radius 1 is 0.320 bits per heavy atom. The lowest BCUT2D eigenvalue weighted by molar-refractivity contribution is -0.359. The largest absolute Gasteiger partial charge is 0.394 e. The standard InChI is InChI=1S/C86H169NO13/c1-3-5-7-9-11-13-15-17-19-21-23-25-27-29-31-32-33-34-35-36-37-38-39-40-41-42-43-44-46-48-50-52-54-56-58-60-62-64-66-68-70-78(91)87-74(73-97-85-83(96)81(94)84(77(72-89)99-85)100-86-82(95)80(93)79(92)76(71-88)98-86)75(90)69-67-65-63-61-59-57-55-53-51-49-47-45-30-28-26-24-22-20-18-16-14-12-10-8-6-4-2/h74-77,79-86,88-90,92-96H,3-73H2,1-2H3,(H,87,91). The van der Waals surface area contributed by atoms with Crippen LogP contribution in [-0.2, 0) is 23.7 Å². The minimum Gasteiger partial charge on any atom is -0.394 e. The first-order valence-electron chi connectivity index (χ1n) is 44.3. The smallest absolute Gasteiger partial charge is 0.220 e. The molecule has 0 bridgehead atoms. The quantitative estimate of drug-likeness (QED) is 0.0259. The van der Waals surface area contributed by atoms with Crippen molar-refractivity contribution in [3.05, 3.63) is 0 Å². The number of unbranched alkanes of at least 4 members (excludes halogenated alkanes) is 64. The molecule has 0 aromatic rings. The Labute approximate surface area is 616 Å². The molecular formula is C86H169NO13. The van der Waals surface area contributed by atoms with Gasteiger partial charge in [0.2, 0.25) is 5.91 Å². The third-order valence-electron chi connectivity index (χ3n) is 22.3. The van der Waals surface area contributed by atoms with Gasteiger partial charge in [-0.1, -0.05) is 431 Å². The molecule has 14 nitrogen and oxygen atoms in total. The van der Waals surface area contributed by atoms with Crippen LogP contribution >= 0.6 is 0 Å². The van der Waals surface area contributed by atoms with Crippen molar-refractivity contribution in [2.75, 3.05) is 19.8 Å². The molecule has 596 valence electrons. The van der Waals surface area contributed by atoms with Crippen molar-refractivity contribution in [3.63, 3.8) is 0 Å². The highest BCUT2D eigenvalue weighted by Gasteiger charge is 2.51. The first-order valence-corrected chi connectivity index (χ1v) is 44.3. The predicted molar refractivity (Wildman–Crippen MR) is 416 cm³/mol. The van der Waals surface area contributed by atoms with Crippen molar-refractivity contribution in [3.8, 4) is 0 Å². The molecule has 0 radical (unpaired) electrons. The second kappa shape index (κ2) is 70.9. The van der Waals surface area contributed by atoms with Crippen LogP contribution in [0, 0.1) is 0 Å². The van der Waals surface area contributed by atoms with Gasteiger partial charge in [0.05, 0.1) is 32.0 Å². The maximum Gasteiger partial charge on any atom is 0.220 e. The highest BCUT2D eigenvalue weighted by Crippen LogP contribution is 2.31. The number of aliphatic hydroxyl groups excluding tert-OH is 8. The normalized spacial score (nSPS) is 21.7. The van der Waals surface area contributed by atoms with Crippen molar-refractivity contribution in [2.45, 2.75) is 524 Å². The first-order chi connectivity index (χ1) is 49.1. The van der Waals surface area contributed by atoms with E-state index < -0.39 is 86.8 Å². The lowest BCUT2D eigenvalue weighted by atomic mass is 9.97. The average molecular weight is 1430 g/mol. The van der Waals surface area contributed by atoms with E-state index in [1.165, 1.54) is 372 Å². The summed E-state index contributed by atoms with van der Waals surface area (Å²) in [5, 5.41) is 88.0.